The van der Waals surface area contributed by atoms with E-state index in [9.17, 15) is 16.8 Å². The van der Waals surface area contributed by atoms with Crippen LogP contribution < -0.4 is 0 Å². The molecule has 15 heavy (non-hydrogen) atoms. The van der Waals surface area contributed by atoms with E-state index in [1.165, 1.54) is 24.3 Å². The molecule has 0 radical (unpaired) electrons. The summed E-state index contributed by atoms with van der Waals surface area (Å²) in [4.78, 5) is -0.266. The lowest BCUT2D eigenvalue weighted by molar-refractivity contribution is 0.473. The first-order valence-electron chi connectivity index (χ1n) is 3.68. The topological polar surface area (TPSA) is 77.5 Å². The van der Waals surface area contributed by atoms with Crippen molar-refractivity contribution in [3.8, 4) is 0 Å². The molecule has 0 unspecified atom stereocenters. The van der Waals surface area contributed by atoms with Gasteiger partial charge in [0.2, 0.25) is 0 Å². The lowest BCUT2D eigenvalue weighted by atomic mass is 10.2. The lowest BCUT2D eigenvalue weighted by Gasteiger charge is -2.01. The Morgan fingerprint density at radius 3 is 1.93 bits per heavy atom. The van der Waals surface area contributed by atoms with Crippen LogP contribution in [-0.4, -0.2) is 16.8 Å². The smallest absolute Gasteiger partial charge is 0.193 e. The molecule has 0 saturated carbocycles. The normalized spacial score (nSPS) is 12.7. The number of aryl methyl sites for hydroxylation is 1. The van der Waals surface area contributed by atoms with Gasteiger partial charge in [-0.3, -0.25) is 0 Å². The molecule has 0 spiro atoms. The highest BCUT2D eigenvalue weighted by molar-refractivity contribution is 8.15. The van der Waals surface area contributed by atoms with Gasteiger partial charge in [0.25, 0.3) is 0 Å². The Morgan fingerprint density at radius 1 is 1.07 bits per heavy atom. The summed E-state index contributed by atoms with van der Waals surface area (Å²) in [6, 6.07) is 5.48. The molecule has 0 aliphatic carbocycles. The summed E-state index contributed by atoms with van der Waals surface area (Å²) in [5.74, 6) is 0. The van der Waals surface area contributed by atoms with E-state index in [1.807, 2.05) is 0 Å². The fourth-order valence-electron chi connectivity index (χ4n) is 0.851. The van der Waals surface area contributed by atoms with Crippen LogP contribution in [0, 0.1) is 6.92 Å². The highest BCUT2D eigenvalue weighted by Gasteiger charge is 2.22. The van der Waals surface area contributed by atoms with Crippen LogP contribution >= 0.6 is 10.7 Å². The van der Waals surface area contributed by atoms with Crippen LogP contribution in [0.1, 0.15) is 5.56 Å². The zero-order valence-corrected chi connectivity index (χ0v) is 9.93. The van der Waals surface area contributed by atoms with Gasteiger partial charge in [0.1, 0.15) is 0 Å². The Labute approximate surface area is 92.4 Å². The van der Waals surface area contributed by atoms with Crippen LogP contribution in [-0.2, 0) is 23.1 Å². The van der Waals surface area contributed by atoms with Gasteiger partial charge in [-0.1, -0.05) is 17.7 Å². The quantitative estimate of drug-likeness (QED) is 0.771. The molecule has 1 aromatic carbocycles. The van der Waals surface area contributed by atoms with Gasteiger partial charge in [0, 0.05) is 0 Å². The van der Waals surface area contributed by atoms with E-state index in [-0.39, 0.29) is 4.90 Å². The van der Waals surface area contributed by atoms with E-state index in [4.69, 9.17) is 0 Å². The molecule has 0 saturated heterocycles. The fourth-order valence-corrected chi connectivity index (χ4v) is 3.10. The Hall–Kier alpha value is -0.630. The first-order chi connectivity index (χ1) is 6.71. The minimum absolute atomic E-state index is 0.266. The Morgan fingerprint density at radius 2 is 1.53 bits per heavy atom. The average Bonchev–Trinajstić information content (AvgIpc) is 2.00. The van der Waals surface area contributed by atoms with Crippen LogP contribution in [0.15, 0.2) is 29.2 Å². The number of halogens is 1. The molecule has 5 nitrogen and oxygen atoms in total. The zero-order chi connectivity index (χ0) is 11.7. The average molecular weight is 271 g/mol. The third-order valence-electron chi connectivity index (χ3n) is 1.48. The van der Waals surface area contributed by atoms with E-state index in [1.54, 1.807) is 6.92 Å². The molecule has 0 fully saturated rings. The molecule has 0 amide bonds. The molecule has 0 heterocycles. The summed E-state index contributed by atoms with van der Waals surface area (Å²) < 4.78 is 47.2. The molecule has 84 valence electrons. The van der Waals surface area contributed by atoms with Crippen molar-refractivity contribution >= 4 is 30.1 Å². The van der Waals surface area contributed by atoms with Crippen molar-refractivity contribution in [1.29, 1.82) is 0 Å². The second-order valence-corrected chi connectivity index (χ2v) is 6.57. The molecule has 0 aromatic heterocycles. The third-order valence-corrected chi connectivity index (χ3v) is 4.16. The van der Waals surface area contributed by atoms with Gasteiger partial charge in [-0.15, -0.1) is 3.63 Å². The number of rotatable bonds is 3. The van der Waals surface area contributed by atoms with Crippen molar-refractivity contribution in [3.63, 3.8) is 0 Å². The van der Waals surface area contributed by atoms with Crippen molar-refractivity contribution in [2.24, 2.45) is 0 Å². The van der Waals surface area contributed by atoms with Crippen molar-refractivity contribution in [2.45, 2.75) is 11.8 Å². The molecule has 8 heteroatoms. The Kier molecular flexibility index (Phi) is 3.39. The molecule has 0 aliphatic heterocycles. The number of benzene rings is 1. The summed E-state index contributed by atoms with van der Waals surface area (Å²) in [5, 5.41) is 0. The first kappa shape index (κ1) is 12.4. The van der Waals surface area contributed by atoms with Crippen LogP contribution in [0.3, 0.4) is 0 Å². The predicted octanol–water partition coefficient (Wildman–Crippen LogP) is 1.18. The summed E-state index contributed by atoms with van der Waals surface area (Å²) in [5.41, 5.74) is 0.836. The Bertz CT molecular complexity index is 544. The zero-order valence-electron chi connectivity index (χ0n) is 7.55. The molecular formula is C7H7ClO5S2. The molecular weight excluding hydrogens is 264 g/mol. The van der Waals surface area contributed by atoms with Crippen molar-refractivity contribution in [3.05, 3.63) is 29.8 Å². The van der Waals surface area contributed by atoms with Gasteiger partial charge in [-0.25, -0.2) is 0 Å². The van der Waals surface area contributed by atoms with E-state index in [2.05, 4.69) is 14.3 Å². The van der Waals surface area contributed by atoms with Crippen LogP contribution in [0.4, 0.5) is 0 Å². The minimum Gasteiger partial charge on any atom is -0.193 e. The lowest BCUT2D eigenvalue weighted by Crippen LogP contribution is -2.09. The second kappa shape index (κ2) is 4.09. The number of hydrogen-bond acceptors (Lipinski definition) is 5. The van der Waals surface area contributed by atoms with Crippen molar-refractivity contribution in [2.75, 3.05) is 0 Å². The standard InChI is InChI=1S/C7H7ClO5S2/c1-6-2-4-7(5-3-6)14(9,10)13-15(8,11)12/h2-5H,1H3. The molecule has 0 N–H and O–H groups in total. The van der Waals surface area contributed by atoms with E-state index >= 15 is 0 Å². The third kappa shape index (κ3) is 3.78. The van der Waals surface area contributed by atoms with Gasteiger partial charge < -0.3 is 0 Å². The second-order valence-electron chi connectivity index (χ2n) is 2.73. The van der Waals surface area contributed by atoms with Gasteiger partial charge in [0.05, 0.1) is 15.6 Å². The summed E-state index contributed by atoms with van der Waals surface area (Å²) >= 11 is 0. The maximum absolute atomic E-state index is 11.3. The molecule has 0 atom stereocenters. The maximum atomic E-state index is 11.3. The molecule has 1 aromatic rings. The Balaban J connectivity index is 3.13. The number of hydrogen-bond donors (Lipinski definition) is 0. The highest BCUT2D eigenvalue weighted by atomic mass is 35.7. The summed E-state index contributed by atoms with van der Waals surface area (Å²) in [6.07, 6.45) is 0. The first-order valence-corrected chi connectivity index (χ1v) is 7.32. The summed E-state index contributed by atoms with van der Waals surface area (Å²) in [7, 11) is -4.24. The predicted molar refractivity (Wildman–Crippen MR) is 54.2 cm³/mol. The molecule has 1 rings (SSSR count). The largest absolute Gasteiger partial charge is 0.370 e. The summed E-state index contributed by atoms with van der Waals surface area (Å²) in [6.45, 7) is 1.76. The van der Waals surface area contributed by atoms with Crippen LogP contribution in [0.2, 0.25) is 0 Å². The van der Waals surface area contributed by atoms with E-state index in [0.29, 0.717) is 0 Å². The maximum Gasteiger partial charge on any atom is 0.370 e. The molecule has 0 aliphatic rings. The molecule has 0 bridgehead atoms. The SMILES string of the molecule is Cc1ccc(S(=O)(=O)OS(=O)(=O)Cl)cc1. The van der Waals surface area contributed by atoms with Gasteiger partial charge in [-0.05, 0) is 19.1 Å². The highest BCUT2D eigenvalue weighted by Crippen LogP contribution is 2.16. The fraction of sp³-hybridized carbons (Fsp3) is 0.143. The van der Waals surface area contributed by atoms with Gasteiger partial charge in [0.15, 0.2) is 0 Å². The van der Waals surface area contributed by atoms with Crippen LogP contribution in [0.5, 0.6) is 0 Å². The van der Waals surface area contributed by atoms with Gasteiger partial charge >= 0.3 is 19.4 Å². The van der Waals surface area contributed by atoms with Crippen molar-refractivity contribution < 1.29 is 20.5 Å². The van der Waals surface area contributed by atoms with Crippen molar-refractivity contribution in [1.82, 2.24) is 0 Å². The monoisotopic (exact) mass is 270 g/mol. The van der Waals surface area contributed by atoms with E-state index < -0.39 is 19.4 Å². The minimum atomic E-state index is -4.56. The van der Waals surface area contributed by atoms with Gasteiger partial charge in [-0.2, -0.15) is 16.8 Å². The van der Waals surface area contributed by atoms with E-state index in [0.717, 1.165) is 5.56 Å². The van der Waals surface area contributed by atoms with Crippen LogP contribution in [0.25, 0.3) is 0 Å².